The van der Waals surface area contributed by atoms with Crippen LogP contribution in [0.2, 0.25) is 0 Å². The van der Waals surface area contributed by atoms with Gasteiger partial charge in [0.05, 0.1) is 41.3 Å². The Morgan fingerprint density at radius 1 is 0.485 bits per heavy atom. The molecule has 0 saturated heterocycles. The van der Waals surface area contributed by atoms with Crippen LogP contribution in [-0.2, 0) is 35.3 Å². The number of pyridine rings is 2. The van der Waals surface area contributed by atoms with E-state index in [1.807, 2.05) is 146 Å². The van der Waals surface area contributed by atoms with Crippen LogP contribution >= 0.6 is 0 Å². The predicted molar refractivity (Wildman–Crippen MR) is 261 cm³/mol. The van der Waals surface area contributed by atoms with E-state index in [9.17, 15) is 9.59 Å². The van der Waals surface area contributed by atoms with E-state index in [0.29, 0.717) is 70.5 Å². The lowest BCUT2D eigenvalue weighted by atomic mass is 9.95. The average molecular weight is 913 g/mol. The number of methoxy groups -OCH3 is 4. The Labute approximate surface area is 397 Å². The number of aryl methyl sites for hydroxylation is 2. The molecule has 0 bridgehead atoms. The molecule has 4 aromatic carbocycles. The SMILES string of the molecule is COc1cccc(OC)c1-n1c(CC(=O)[C@@H](C)Cc2ccccc2)nnc1-c1cncc(C)c1.COc1cccc(OC)c1-n1c(CC(=O)[C@H](C)Cc2ccccc2)nnc1-c1cncc(C)c1. The van der Waals surface area contributed by atoms with Crippen LogP contribution in [0.3, 0.4) is 0 Å². The number of carbonyl (C=O) groups excluding carboxylic acids is 2. The second-order valence-electron chi connectivity index (χ2n) is 16.5. The number of Topliss-reactive ketones (excluding diaryl/α,β-unsaturated/α-hetero) is 2. The van der Waals surface area contributed by atoms with Gasteiger partial charge in [0.2, 0.25) is 0 Å². The van der Waals surface area contributed by atoms with Crippen LogP contribution in [0, 0.1) is 25.7 Å². The molecule has 0 aliphatic carbocycles. The normalized spacial score (nSPS) is 11.8. The number of rotatable bonds is 18. The number of ether oxygens (including phenoxy) is 4. The Bertz CT molecular complexity index is 2720. The summed E-state index contributed by atoms with van der Waals surface area (Å²) in [6.07, 6.45) is 8.62. The van der Waals surface area contributed by atoms with Crippen LogP contribution in [-0.4, -0.2) is 79.5 Å². The highest BCUT2D eigenvalue weighted by Gasteiger charge is 2.27. The molecule has 4 aromatic heterocycles. The zero-order chi connectivity index (χ0) is 48.2. The van der Waals surface area contributed by atoms with Gasteiger partial charge in [-0.3, -0.25) is 28.7 Å². The Morgan fingerprint density at radius 2 is 0.838 bits per heavy atom. The second kappa shape index (κ2) is 22.5. The average Bonchev–Trinajstić information content (AvgIpc) is 3.97. The minimum atomic E-state index is -0.170. The fourth-order valence-electron chi connectivity index (χ4n) is 7.99. The van der Waals surface area contributed by atoms with Gasteiger partial charge in [-0.05, 0) is 85.3 Å². The third-order valence-corrected chi connectivity index (χ3v) is 11.5. The number of hydrogen-bond donors (Lipinski definition) is 0. The standard InChI is InChI=1S/2C27H28N4O3/c2*1-18-13-21(17-28-16-18)27-30-29-25(15-22(32)19(2)14-20-9-6-5-7-10-20)31(27)26-23(33-3)11-8-12-24(26)34-4/h2*5-13,16-17,19H,14-15H2,1-4H3/t2*19-/m10/s1. The molecule has 2 atom stereocenters. The van der Waals surface area contributed by atoms with E-state index in [0.717, 1.165) is 33.4 Å². The van der Waals surface area contributed by atoms with Crippen LogP contribution in [0.5, 0.6) is 23.0 Å². The molecule has 0 N–H and O–H groups in total. The first-order valence-corrected chi connectivity index (χ1v) is 22.3. The summed E-state index contributed by atoms with van der Waals surface area (Å²) in [5.74, 6) is 4.36. The molecular formula is C54H56N8O6. The monoisotopic (exact) mass is 912 g/mol. The maximum absolute atomic E-state index is 13.3. The van der Waals surface area contributed by atoms with Crippen molar-refractivity contribution >= 4 is 11.6 Å². The van der Waals surface area contributed by atoms with Gasteiger partial charge in [-0.15, -0.1) is 20.4 Å². The van der Waals surface area contributed by atoms with E-state index in [1.165, 1.54) is 0 Å². The predicted octanol–water partition coefficient (Wildman–Crippen LogP) is 9.29. The Hall–Kier alpha value is -8.00. The lowest BCUT2D eigenvalue weighted by molar-refractivity contribution is -0.122. The lowest BCUT2D eigenvalue weighted by Gasteiger charge is -2.18. The molecule has 0 fully saturated rings. The van der Waals surface area contributed by atoms with E-state index in [-0.39, 0.29) is 36.2 Å². The van der Waals surface area contributed by atoms with Gasteiger partial charge in [0.25, 0.3) is 0 Å². The van der Waals surface area contributed by atoms with Crippen molar-refractivity contribution in [3.8, 4) is 57.1 Å². The lowest BCUT2D eigenvalue weighted by Crippen LogP contribution is -2.19. The van der Waals surface area contributed by atoms with Gasteiger partial charge in [-0.25, -0.2) is 0 Å². The van der Waals surface area contributed by atoms with Crippen molar-refractivity contribution in [2.75, 3.05) is 28.4 Å². The van der Waals surface area contributed by atoms with Gasteiger partial charge in [0, 0.05) is 47.8 Å². The molecule has 4 heterocycles. The van der Waals surface area contributed by atoms with Crippen molar-refractivity contribution in [1.82, 2.24) is 39.5 Å². The number of benzene rings is 4. The van der Waals surface area contributed by atoms with Crippen molar-refractivity contribution in [2.24, 2.45) is 11.8 Å². The highest BCUT2D eigenvalue weighted by molar-refractivity contribution is 5.84. The first-order valence-electron chi connectivity index (χ1n) is 22.3. The molecule has 0 spiro atoms. The molecule has 0 unspecified atom stereocenters. The molecule has 0 radical (unpaired) electrons. The van der Waals surface area contributed by atoms with Gasteiger partial charge in [-0.1, -0.05) is 86.6 Å². The zero-order valence-corrected chi connectivity index (χ0v) is 39.7. The molecule has 8 rings (SSSR count). The van der Waals surface area contributed by atoms with Crippen molar-refractivity contribution in [3.05, 3.63) is 168 Å². The van der Waals surface area contributed by atoms with Crippen molar-refractivity contribution < 1.29 is 28.5 Å². The van der Waals surface area contributed by atoms with E-state index >= 15 is 0 Å². The minimum absolute atomic E-state index is 0.0836. The maximum atomic E-state index is 13.3. The molecule has 348 valence electrons. The van der Waals surface area contributed by atoms with Crippen LogP contribution in [0.25, 0.3) is 34.2 Å². The highest BCUT2D eigenvalue weighted by Crippen LogP contribution is 2.38. The Balaban J connectivity index is 0.000000201. The Morgan fingerprint density at radius 3 is 1.16 bits per heavy atom. The first kappa shape index (κ1) is 47.9. The van der Waals surface area contributed by atoms with E-state index < -0.39 is 0 Å². The summed E-state index contributed by atoms with van der Waals surface area (Å²) in [7, 11) is 6.40. The largest absolute Gasteiger partial charge is 0.494 e. The second-order valence-corrected chi connectivity index (χ2v) is 16.5. The fraction of sp³-hybridized carbons (Fsp3) is 0.259. The minimum Gasteiger partial charge on any atom is -0.494 e. The van der Waals surface area contributed by atoms with Crippen molar-refractivity contribution in [2.45, 2.75) is 53.4 Å². The van der Waals surface area contributed by atoms with Gasteiger partial charge >= 0.3 is 0 Å². The molecule has 0 saturated carbocycles. The third-order valence-electron chi connectivity index (χ3n) is 11.5. The summed E-state index contributed by atoms with van der Waals surface area (Å²) >= 11 is 0. The van der Waals surface area contributed by atoms with Gasteiger partial charge in [-0.2, -0.15) is 0 Å². The number of aromatic nitrogens is 8. The fourth-order valence-corrected chi connectivity index (χ4v) is 7.99. The molecule has 68 heavy (non-hydrogen) atoms. The van der Waals surface area contributed by atoms with E-state index in [1.54, 1.807) is 53.2 Å². The number of nitrogens with zero attached hydrogens (tertiary/aromatic N) is 8. The van der Waals surface area contributed by atoms with Crippen LogP contribution in [0.1, 0.15) is 47.8 Å². The van der Waals surface area contributed by atoms with E-state index in [2.05, 4.69) is 30.4 Å². The van der Waals surface area contributed by atoms with Crippen molar-refractivity contribution in [3.63, 3.8) is 0 Å². The third kappa shape index (κ3) is 11.2. The van der Waals surface area contributed by atoms with Gasteiger partial charge in [0.15, 0.2) is 11.6 Å². The quantitative estimate of drug-likeness (QED) is 0.0805. The molecule has 0 aliphatic heterocycles. The van der Waals surface area contributed by atoms with Gasteiger partial charge < -0.3 is 18.9 Å². The number of carbonyl (C=O) groups is 2. The molecule has 14 nitrogen and oxygen atoms in total. The van der Waals surface area contributed by atoms with Crippen LogP contribution in [0.4, 0.5) is 0 Å². The molecule has 8 aromatic rings. The molecule has 0 amide bonds. The van der Waals surface area contributed by atoms with E-state index in [4.69, 9.17) is 18.9 Å². The first-order chi connectivity index (χ1) is 33.0. The molecular weight excluding hydrogens is 857 g/mol. The zero-order valence-electron chi connectivity index (χ0n) is 39.7. The summed E-state index contributed by atoms with van der Waals surface area (Å²) in [4.78, 5) is 35.1. The summed E-state index contributed by atoms with van der Waals surface area (Å²) in [5.41, 5.74) is 7.11. The van der Waals surface area contributed by atoms with Crippen molar-refractivity contribution in [1.29, 1.82) is 0 Å². The number of para-hydroxylation sites is 2. The Kier molecular flexibility index (Phi) is 15.8. The van der Waals surface area contributed by atoms with Crippen LogP contribution < -0.4 is 18.9 Å². The highest BCUT2D eigenvalue weighted by atomic mass is 16.5. The maximum Gasteiger partial charge on any atom is 0.170 e. The summed E-state index contributed by atoms with van der Waals surface area (Å²) in [6.45, 7) is 7.84. The topological polar surface area (TPSA) is 158 Å². The van der Waals surface area contributed by atoms with Crippen LogP contribution in [0.15, 0.2) is 134 Å². The summed E-state index contributed by atoms with van der Waals surface area (Å²) in [6, 6.07) is 35.1. The number of hydrogen-bond acceptors (Lipinski definition) is 12. The smallest absolute Gasteiger partial charge is 0.170 e. The number of ketones is 2. The molecule has 14 heteroatoms. The van der Waals surface area contributed by atoms with Gasteiger partial charge in [0.1, 0.15) is 57.6 Å². The summed E-state index contributed by atoms with van der Waals surface area (Å²) < 4.78 is 26.3. The molecule has 0 aliphatic rings. The summed E-state index contributed by atoms with van der Waals surface area (Å²) in [5, 5.41) is 17.8.